The number of carbonyl (C=O) groups is 1. The Morgan fingerprint density at radius 1 is 1.24 bits per heavy atom. The summed E-state index contributed by atoms with van der Waals surface area (Å²) in [6, 6.07) is 8.25. The predicted octanol–water partition coefficient (Wildman–Crippen LogP) is 5.54. The number of aromatic nitrogens is 1. The summed E-state index contributed by atoms with van der Waals surface area (Å²) < 4.78 is 1.05. The minimum Gasteiger partial charge on any atom is -0.465 e. The third kappa shape index (κ3) is 3.32. The van der Waals surface area contributed by atoms with E-state index in [0.717, 1.165) is 71.3 Å². The molecule has 4 heterocycles. The molecule has 1 atom stereocenters. The van der Waals surface area contributed by atoms with Gasteiger partial charge in [-0.1, -0.05) is 11.6 Å². The Hall–Kier alpha value is -2.35. The summed E-state index contributed by atoms with van der Waals surface area (Å²) in [7, 11) is 0. The molecule has 8 heteroatoms. The van der Waals surface area contributed by atoms with Crippen molar-refractivity contribution < 1.29 is 15.0 Å². The zero-order valence-corrected chi connectivity index (χ0v) is 19.8. The predicted molar refractivity (Wildman–Crippen MR) is 131 cm³/mol. The first-order chi connectivity index (χ1) is 16.0. The van der Waals surface area contributed by atoms with Gasteiger partial charge in [0.2, 0.25) is 0 Å². The van der Waals surface area contributed by atoms with Crippen LogP contribution in [0.2, 0.25) is 5.02 Å². The SMILES string of the molecule is O=C(O)N1C[C@@H](N2CCCc3cc(Cl)cc(-c4ccnc5cc(CO)sc45)c32)CC12CCC2. The van der Waals surface area contributed by atoms with Gasteiger partial charge in [-0.25, -0.2) is 4.79 Å². The zero-order valence-electron chi connectivity index (χ0n) is 18.3. The highest BCUT2D eigenvalue weighted by molar-refractivity contribution is 7.19. The average molecular weight is 484 g/mol. The number of anilines is 1. The molecule has 2 N–H and O–H groups in total. The summed E-state index contributed by atoms with van der Waals surface area (Å²) in [5, 5.41) is 20.3. The lowest BCUT2D eigenvalue weighted by atomic mass is 9.74. The number of amides is 1. The highest BCUT2D eigenvalue weighted by Crippen LogP contribution is 2.50. The molecule has 2 aromatic heterocycles. The van der Waals surface area contributed by atoms with Crippen molar-refractivity contribution in [2.75, 3.05) is 18.0 Å². The van der Waals surface area contributed by atoms with E-state index in [1.54, 1.807) is 16.2 Å². The van der Waals surface area contributed by atoms with E-state index >= 15 is 0 Å². The third-order valence-corrected chi connectivity index (χ3v) is 9.09. The van der Waals surface area contributed by atoms with E-state index < -0.39 is 6.09 Å². The molecule has 0 unspecified atom stereocenters. The minimum absolute atomic E-state index is 0.00454. The quantitative estimate of drug-likeness (QED) is 0.511. The van der Waals surface area contributed by atoms with Gasteiger partial charge < -0.3 is 20.0 Å². The van der Waals surface area contributed by atoms with Crippen LogP contribution in [0.15, 0.2) is 30.5 Å². The standard InChI is InChI=1S/C25H26ClN3O3S/c26-16-9-15-3-1-8-28(17-12-25(5-2-6-25)29(13-17)24(31)32)22(15)20(10-16)19-4-7-27-21-11-18(14-30)33-23(19)21/h4,7,9-11,17,30H,1-3,5-6,8,12-14H2,(H,31,32)/t17-/m0/s1. The number of hydrogen-bond acceptors (Lipinski definition) is 5. The molecule has 0 bridgehead atoms. The Labute approximate surface area is 201 Å². The number of rotatable bonds is 3. The number of carboxylic acid groups (broad SMARTS) is 1. The van der Waals surface area contributed by atoms with Crippen LogP contribution >= 0.6 is 22.9 Å². The number of benzene rings is 1. The molecule has 1 amide bonds. The molecule has 1 saturated carbocycles. The van der Waals surface area contributed by atoms with Crippen LogP contribution in [0, 0.1) is 0 Å². The average Bonchev–Trinajstić information content (AvgIpc) is 3.40. The van der Waals surface area contributed by atoms with Gasteiger partial charge in [0.15, 0.2) is 0 Å². The van der Waals surface area contributed by atoms with Crippen LogP contribution in [0.3, 0.4) is 0 Å². The van der Waals surface area contributed by atoms with E-state index in [1.807, 2.05) is 24.4 Å². The van der Waals surface area contributed by atoms with E-state index in [2.05, 4.69) is 16.0 Å². The van der Waals surface area contributed by atoms with Crippen molar-refractivity contribution in [2.45, 2.75) is 56.7 Å². The highest BCUT2D eigenvalue weighted by atomic mass is 35.5. The van der Waals surface area contributed by atoms with Gasteiger partial charge in [0.1, 0.15) is 0 Å². The monoisotopic (exact) mass is 483 g/mol. The molecule has 6 nitrogen and oxygen atoms in total. The Morgan fingerprint density at radius 2 is 2.09 bits per heavy atom. The minimum atomic E-state index is -0.795. The summed E-state index contributed by atoms with van der Waals surface area (Å²) in [4.78, 5) is 21.6. The number of nitrogens with zero attached hydrogens (tertiary/aromatic N) is 3. The Kier molecular flexibility index (Phi) is 5.05. The molecule has 1 aliphatic carbocycles. The Bertz CT molecular complexity index is 1260. The lowest BCUT2D eigenvalue weighted by molar-refractivity contribution is 0.0542. The number of fused-ring (bicyclic) bond motifs is 2. The van der Waals surface area contributed by atoms with E-state index in [4.69, 9.17) is 11.6 Å². The van der Waals surface area contributed by atoms with Gasteiger partial charge in [0, 0.05) is 57.6 Å². The topological polar surface area (TPSA) is 76.9 Å². The summed E-state index contributed by atoms with van der Waals surface area (Å²) in [5.41, 5.74) is 5.25. The van der Waals surface area contributed by atoms with E-state index in [1.165, 1.54) is 11.3 Å². The number of likely N-dealkylation sites (tertiary alicyclic amines) is 1. The lowest BCUT2D eigenvalue weighted by Gasteiger charge is -2.44. The van der Waals surface area contributed by atoms with Gasteiger partial charge in [-0.15, -0.1) is 11.3 Å². The first-order valence-corrected chi connectivity index (χ1v) is 12.8. The Balaban J connectivity index is 1.48. The molecule has 0 radical (unpaired) electrons. The van der Waals surface area contributed by atoms with Crippen LogP contribution in [0.5, 0.6) is 0 Å². The third-order valence-electron chi connectivity index (χ3n) is 7.73. The maximum Gasteiger partial charge on any atom is 0.407 e. The first kappa shape index (κ1) is 21.2. The fourth-order valence-electron chi connectivity index (χ4n) is 6.15. The summed E-state index contributed by atoms with van der Waals surface area (Å²) >= 11 is 8.17. The molecular formula is C25H26ClN3O3S. The first-order valence-electron chi connectivity index (χ1n) is 11.6. The normalized spacial score (nSPS) is 21.5. The van der Waals surface area contributed by atoms with E-state index in [-0.39, 0.29) is 18.2 Å². The van der Waals surface area contributed by atoms with Crippen LogP contribution in [0.1, 0.15) is 42.5 Å². The van der Waals surface area contributed by atoms with Crippen molar-refractivity contribution in [3.8, 4) is 11.1 Å². The number of aliphatic hydroxyl groups is 1. The molecule has 2 aliphatic heterocycles. The van der Waals surface area contributed by atoms with Crippen molar-refractivity contribution in [2.24, 2.45) is 0 Å². The van der Waals surface area contributed by atoms with E-state index in [0.29, 0.717) is 11.6 Å². The van der Waals surface area contributed by atoms with Crippen molar-refractivity contribution in [1.82, 2.24) is 9.88 Å². The zero-order chi connectivity index (χ0) is 22.7. The highest BCUT2D eigenvalue weighted by Gasteiger charge is 2.53. The molecule has 172 valence electrons. The molecule has 6 rings (SSSR count). The van der Waals surface area contributed by atoms with Crippen molar-refractivity contribution in [3.05, 3.63) is 45.9 Å². The van der Waals surface area contributed by atoms with E-state index in [9.17, 15) is 15.0 Å². The fraction of sp³-hybridized carbons (Fsp3) is 0.440. The fourth-order valence-corrected chi connectivity index (χ4v) is 7.39. The number of aliphatic hydroxyl groups excluding tert-OH is 1. The largest absolute Gasteiger partial charge is 0.465 e. The number of halogens is 1. The number of aryl methyl sites for hydroxylation is 1. The molecule has 1 saturated heterocycles. The second-order valence-corrected chi connectivity index (χ2v) is 11.1. The molecule has 1 aromatic carbocycles. The molecule has 2 fully saturated rings. The van der Waals surface area contributed by atoms with Crippen LogP contribution in [0.25, 0.3) is 21.3 Å². The molecule has 33 heavy (non-hydrogen) atoms. The number of pyridine rings is 1. The molecule has 1 spiro atoms. The Morgan fingerprint density at radius 3 is 2.79 bits per heavy atom. The van der Waals surface area contributed by atoms with Gasteiger partial charge in [-0.05, 0) is 68.4 Å². The van der Waals surface area contributed by atoms with Crippen molar-refractivity contribution >= 4 is 44.9 Å². The maximum absolute atomic E-state index is 12.1. The van der Waals surface area contributed by atoms with Gasteiger partial charge in [-0.3, -0.25) is 4.98 Å². The van der Waals surface area contributed by atoms with Crippen LogP contribution < -0.4 is 4.90 Å². The summed E-state index contributed by atoms with van der Waals surface area (Å²) in [6.07, 6.45) is 6.94. The second kappa shape index (κ2) is 7.86. The molecule has 3 aromatic rings. The lowest BCUT2D eigenvalue weighted by Crippen LogP contribution is -2.51. The summed E-state index contributed by atoms with van der Waals surface area (Å²) in [6.45, 7) is 1.46. The maximum atomic E-state index is 12.1. The van der Waals surface area contributed by atoms with Crippen LogP contribution in [-0.4, -0.2) is 50.9 Å². The number of thiophene rings is 1. The van der Waals surface area contributed by atoms with Crippen LogP contribution in [0.4, 0.5) is 10.5 Å². The van der Waals surface area contributed by atoms with Gasteiger partial charge in [0.25, 0.3) is 0 Å². The van der Waals surface area contributed by atoms with Crippen LogP contribution in [-0.2, 0) is 13.0 Å². The molecule has 3 aliphatic rings. The number of hydrogen-bond donors (Lipinski definition) is 2. The smallest absolute Gasteiger partial charge is 0.407 e. The van der Waals surface area contributed by atoms with Gasteiger partial charge in [0.05, 0.1) is 16.8 Å². The second-order valence-electron chi connectivity index (χ2n) is 9.53. The van der Waals surface area contributed by atoms with Gasteiger partial charge >= 0.3 is 6.09 Å². The summed E-state index contributed by atoms with van der Waals surface area (Å²) in [5.74, 6) is 0. The molecular weight excluding hydrogens is 458 g/mol. The van der Waals surface area contributed by atoms with Crippen molar-refractivity contribution in [1.29, 1.82) is 0 Å². The van der Waals surface area contributed by atoms with Crippen molar-refractivity contribution in [3.63, 3.8) is 0 Å². The van der Waals surface area contributed by atoms with Gasteiger partial charge in [-0.2, -0.15) is 0 Å².